The van der Waals surface area contributed by atoms with Crippen LogP contribution in [0.3, 0.4) is 0 Å². The molecule has 1 heterocycles. The van der Waals surface area contributed by atoms with E-state index < -0.39 is 18.5 Å². The lowest BCUT2D eigenvalue weighted by Crippen LogP contribution is -2.20. The van der Waals surface area contributed by atoms with Crippen LogP contribution in [0, 0.1) is 18.8 Å². The molecule has 23 heavy (non-hydrogen) atoms. The Morgan fingerprint density at radius 2 is 2.04 bits per heavy atom. The maximum absolute atomic E-state index is 10.5. The molecular weight excluding hydrogens is 292 g/mol. The number of hydrogen-bond donors (Lipinski definition) is 3. The van der Waals surface area contributed by atoms with E-state index in [0.29, 0.717) is 12.8 Å². The van der Waals surface area contributed by atoms with E-state index in [1.807, 2.05) is 38.1 Å². The first kappa shape index (κ1) is 16.7. The summed E-state index contributed by atoms with van der Waals surface area (Å²) in [6, 6.07) is 8.15. The van der Waals surface area contributed by atoms with Crippen LogP contribution in [0.15, 0.2) is 36.4 Å². The van der Waals surface area contributed by atoms with E-state index in [9.17, 15) is 15.3 Å². The Morgan fingerprint density at radius 1 is 1.26 bits per heavy atom. The van der Waals surface area contributed by atoms with Crippen molar-refractivity contribution in [3.8, 4) is 0 Å². The number of aliphatic hydroxyl groups is 3. The van der Waals surface area contributed by atoms with Gasteiger partial charge in [0.1, 0.15) is 0 Å². The summed E-state index contributed by atoms with van der Waals surface area (Å²) in [4.78, 5) is 0. The van der Waals surface area contributed by atoms with E-state index in [1.165, 1.54) is 5.56 Å². The highest BCUT2D eigenvalue weighted by Gasteiger charge is 2.47. The zero-order chi connectivity index (χ0) is 16.6. The average molecular weight is 318 g/mol. The fourth-order valence-corrected chi connectivity index (χ4v) is 3.89. The molecule has 1 aliphatic heterocycles. The van der Waals surface area contributed by atoms with E-state index >= 15 is 0 Å². The first-order valence-corrected chi connectivity index (χ1v) is 8.40. The van der Waals surface area contributed by atoms with Gasteiger partial charge in [0.15, 0.2) is 6.29 Å². The minimum Gasteiger partial charge on any atom is -0.392 e. The topological polar surface area (TPSA) is 69.9 Å². The van der Waals surface area contributed by atoms with E-state index in [2.05, 4.69) is 6.07 Å². The highest BCUT2D eigenvalue weighted by atomic mass is 16.6. The van der Waals surface area contributed by atoms with Gasteiger partial charge in [-0.1, -0.05) is 48.9 Å². The summed E-state index contributed by atoms with van der Waals surface area (Å²) in [5.74, 6) is 0.0696. The lowest BCUT2D eigenvalue weighted by atomic mass is 9.89. The van der Waals surface area contributed by atoms with Crippen molar-refractivity contribution in [2.75, 3.05) is 0 Å². The van der Waals surface area contributed by atoms with Crippen molar-refractivity contribution in [2.45, 2.75) is 57.2 Å². The van der Waals surface area contributed by atoms with Crippen molar-refractivity contribution < 1.29 is 20.1 Å². The van der Waals surface area contributed by atoms with E-state index in [4.69, 9.17) is 4.74 Å². The van der Waals surface area contributed by atoms with Crippen LogP contribution in [0.2, 0.25) is 0 Å². The molecule has 1 aliphatic carbocycles. The molecule has 3 rings (SSSR count). The van der Waals surface area contributed by atoms with Gasteiger partial charge < -0.3 is 20.1 Å². The standard InChI is InChI=1S/C19H26O4/c1-11-4-3-5-13(8-11)12(2)16(20)7-6-14-15-9-19(22)23-18(15)10-17(14)21/h3-8,12,14-22H,9-10H2,1-2H3/b7-6+/t12-,14-,15-,16-,17-,18+,19?/m1/s1. The molecule has 0 radical (unpaired) electrons. The molecular formula is C19H26O4. The molecule has 3 N–H and O–H groups in total. The normalized spacial score (nSPS) is 36.3. The number of benzene rings is 1. The van der Waals surface area contributed by atoms with Gasteiger partial charge in [0.2, 0.25) is 0 Å². The Bertz CT molecular complexity index is 570. The first-order chi connectivity index (χ1) is 11.0. The summed E-state index contributed by atoms with van der Waals surface area (Å²) in [6.07, 6.45) is 2.96. The summed E-state index contributed by atoms with van der Waals surface area (Å²) in [5, 5.41) is 30.2. The lowest BCUT2D eigenvalue weighted by molar-refractivity contribution is -0.0949. The third kappa shape index (κ3) is 3.50. The smallest absolute Gasteiger partial charge is 0.155 e. The van der Waals surface area contributed by atoms with Gasteiger partial charge in [-0.2, -0.15) is 0 Å². The minimum atomic E-state index is -0.718. The average Bonchev–Trinajstić information content (AvgIpc) is 2.99. The van der Waals surface area contributed by atoms with Crippen molar-refractivity contribution in [1.82, 2.24) is 0 Å². The molecule has 4 heteroatoms. The Hall–Kier alpha value is -1.20. The fraction of sp³-hybridized carbons (Fsp3) is 0.579. The lowest BCUT2D eigenvalue weighted by Gasteiger charge is -2.19. The van der Waals surface area contributed by atoms with Crippen LogP contribution in [0.5, 0.6) is 0 Å². The van der Waals surface area contributed by atoms with Gasteiger partial charge in [-0.25, -0.2) is 0 Å². The van der Waals surface area contributed by atoms with Gasteiger partial charge in [0.05, 0.1) is 18.3 Å². The minimum absolute atomic E-state index is 0.00842. The molecule has 0 aromatic heterocycles. The molecule has 1 unspecified atom stereocenters. The maximum Gasteiger partial charge on any atom is 0.155 e. The van der Waals surface area contributed by atoms with Gasteiger partial charge >= 0.3 is 0 Å². The maximum atomic E-state index is 10.5. The van der Waals surface area contributed by atoms with Gasteiger partial charge in [0, 0.05) is 24.7 Å². The molecule has 1 aromatic rings. The summed E-state index contributed by atoms with van der Waals surface area (Å²) in [7, 11) is 0. The molecule has 0 spiro atoms. The molecule has 1 aromatic carbocycles. The van der Waals surface area contributed by atoms with Crippen LogP contribution in [-0.4, -0.2) is 39.9 Å². The Morgan fingerprint density at radius 3 is 2.78 bits per heavy atom. The molecule has 0 bridgehead atoms. The Balaban J connectivity index is 1.67. The predicted molar refractivity (Wildman–Crippen MR) is 87.8 cm³/mol. The second-order valence-corrected chi connectivity index (χ2v) is 6.99. The molecule has 4 nitrogen and oxygen atoms in total. The van der Waals surface area contributed by atoms with Crippen molar-refractivity contribution in [2.24, 2.45) is 11.8 Å². The van der Waals surface area contributed by atoms with Gasteiger partial charge in [0.25, 0.3) is 0 Å². The van der Waals surface area contributed by atoms with Gasteiger partial charge in [-0.3, -0.25) is 0 Å². The molecule has 2 fully saturated rings. The van der Waals surface area contributed by atoms with Crippen LogP contribution in [0.25, 0.3) is 0 Å². The summed E-state index contributed by atoms with van der Waals surface area (Å²) >= 11 is 0. The largest absolute Gasteiger partial charge is 0.392 e. The number of hydrogen-bond acceptors (Lipinski definition) is 4. The van der Waals surface area contributed by atoms with E-state index in [1.54, 1.807) is 6.08 Å². The van der Waals surface area contributed by atoms with Gasteiger partial charge in [-0.15, -0.1) is 0 Å². The van der Waals surface area contributed by atoms with Crippen LogP contribution in [-0.2, 0) is 4.74 Å². The summed E-state index contributed by atoms with van der Waals surface area (Å²) < 4.78 is 5.42. The number of fused-ring (bicyclic) bond motifs is 1. The Labute approximate surface area is 137 Å². The van der Waals surface area contributed by atoms with Crippen molar-refractivity contribution in [3.63, 3.8) is 0 Å². The first-order valence-electron chi connectivity index (χ1n) is 8.40. The quantitative estimate of drug-likeness (QED) is 0.744. The van der Waals surface area contributed by atoms with E-state index in [-0.39, 0.29) is 23.9 Å². The van der Waals surface area contributed by atoms with Crippen LogP contribution in [0.4, 0.5) is 0 Å². The molecule has 1 saturated heterocycles. The predicted octanol–water partition coefficient (Wildman–Crippen LogP) is 2.12. The zero-order valence-electron chi connectivity index (χ0n) is 13.7. The van der Waals surface area contributed by atoms with Crippen LogP contribution >= 0.6 is 0 Å². The number of rotatable bonds is 4. The fourth-order valence-electron chi connectivity index (χ4n) is 3.89. The van der Waals surface area contributed by atoms with E-state index in [0.717, 1.165) is 5.56 Å². The molecule has 2 aliphatic rings. The highest BCUT2D eigenvalue weighted by Crippen LogP contribution is 2.43. The third-order valence-electron chi connectivity index (χ3n) is 5.31. The van der Waals surface area contributed by atoms with Crippen LogP contribution < -0.4 is 0 Å². The monoisotopic (exact) mass is 318 g/mol. The third-order valence-corrected chi connectivity index (χ3v) is 5.31. The molecule has 7 atom stereocenters. The molecule has 0 amide bonds. The van der Waals surface area contributed by atoms with Crippen LogP contribution in [0.1, 0.15) is 36.8 Å². The SMILES string of the molecule is Cc1cccc([C@@H](C)[C@H](O)/C=C/[C@@H]2[C@H]3CC(O)O[C@H]3C[C@H]2O)c1. The molecule has 126 valence electrons. The Kier molecular flexibility index (Phi) is 4.87. The summed E-state index contributed by atoms with van der Waals surface area (Å²) in [5.41, 5.74) is 2.28. The number of ether oxygens (including phenoxy) is 1. The summed E-state index contributed by atoms with van der Waals surface area (Å²) in [6.45, 7) is 4.04. The second kappa shape index (κ2) is 6.73. The molecule has 1 saturated carbocycles. The van der Waals surface area contributed by atoms with Crippen molar-refractivity contribution in [3.05, 3.63) is 47.5 Å². The second-order valence-electron chi connectivity index (χ2n) is 6.99. The van der Waals surface area contributed by atoms with Crippen molar-refractivity contribution in [1.29, 1.82) is 0 Å². The van der Waals surface area contributed by atoms with Crippen molar-refractivity contribution >= 4 is 0 Å². The zero-order valence-corrected chi connectivity index (χ0v) is 13.7. The van der Waals surface area contributed by atoms with Gasteiger partial charge in [-0.05, 0) is 18.4 Å². The number of aryl methyl sites for hydroxylation is 1. The number of aliphatic hydroxyl groups excluding tert-OH is 3. The highest BCUT2D eigenvalue weighted by molar-refractivity contribution is 5.27.